The van der Waals surface area contributed by atoms with Gasteiger partial charge in [0, 0.05) is 25.0 Å². The van der Waals surface area contributed by atoms with E-state index in [0.717, 1.165) is 61.5 Å². The zero-order valence-electron chi connectivity index (χ0n) is 18.2. The van der Waals surface area contributed by atoms with Gasteiger partial charge >= 0.3 is 0 Å². The van der Waals surface area contributed by atoms with E-state index in [1.54, 1.807) is 7.11 Å². The van der Waals surface area contributed by atoms with E-state index in [0.29, 0.717) is 12.2 Å². The van der Waals surface area contributed by atoms with E-state index in [2.05, 4.69) is 17.1 Å². The van der Waals surface area contributed by atoms with Gasteiger partial charge in [0.25, 0.3) is 5.91 Å². The molecule has 1 N–H and O–H groups in total. The van der Waals surface area contributed by atoms with Crippen molar-refractivity contribution in [3.63, 3.8) is 0 Å². The van der Waals surface area contributed by atoms with Crippen molar-refractivity contribution >= 4 is 16.8 Å². The van der Waals surface area contributed by atoms with Crippen LogP contribution in [0.4, 0.5) is 0 Å². The van der Waals surface area contributed by atoms with Crippen molar-refractivity contribution in [1.82, 2.24) is 20.0 Å². The Hall–Kier alpha value is -2.90. The van der Waals surface area contributed by atoms with Gasteiger partial charge < -0.3 is 14.8 Å². The van der Waals surface area contributed by atoms with Gasteiger partial charge in [-0.1, -0.05) is 49.4 Å². The smallest absolute Gasteiger partial charge is 0.272 e. The Morgan fingerprint density at radius 1 is 1.13 bits per heavy atom. The number of methoxy groups -OCH3 is 1. The molecule has 1 fully saturated rings. The number of aromatic nitrogens is 2. The first-order chi connectivity index (χ1) is 15.2. The molecule has 0 radical (unpaired) electrons. The molecule has 7 nitrogen and oxygen atoms in total. The Labute approximate surface area is 182 Å². The average molecular weight is 423 g/mol. The molecule has 1 atom stereocenters. The van der Waals surface area contributed by atoms with Crippen LogP contribution in [0.1, 0.15) is 35.4 Å². The Morgan fingerprint density at radius 3 is 2.61 bits per heavy atom. The maximum atomic E-state index is 13.3. The summed E-state index contributed by atoms with van der Waals surface area (Å²) in [4.78, 5) is 15.6. The Bertz CT molecular complexity index is 1010. The fraction of sp³-hybridized carbons (Fsp3) is 0.417. The van der Waals surface area contributed by atoms with E-state index in [9.17, 15) is 4.79 Å². The van der Waals surface area contributed by atoms with Crippen LogP contribution in [0.25, 0.3) is 10.9 Å². The topological polar surface area (TPSA) is 68.6 Å². The normalized spacial score (nSPS) is 15.7. The van der Waals surface area contributed by atoms with Crippen LogP contribution in [0.2, 0.25) is 0 Å². The molecule has 0 saturated carbocycles. The lowest BCUT2D eigenvalue weighted by molar-refractivity contribution is 0.0361. The van der Waals surface area contributed by atoms with Gasteiger partial charge in [-0.05, 0) is 18.1 Å². The van der Waals surface area contributed by atoms with Crippen LogP contribution in [0.3, 0.4) is 0 Å². The summed E-state index contributed by atoms with van der Waals surface area (Å²) < 4.78 is 12.9. The Morgan fingerprint density at radius 2 is 1.90 bits per heavy atom. The molecular weight excluding hydrogens is 392 g/mol. The fourth-order valence-electron chi connectivity index (χ4n) is 4.09. The molecule has 1 aromatic heterocycles. The number of rotatable bonds is 8. The largest absolute Gasteiger partial charge is 0.494 e. The first-order valence-corrected chi connectivity index (χ1v) is 10.9. The monoisotopic (exact) mass is 422 g/mol. The van der Waals surface area contributed by atoms with Gasteiger partial charge in [0.1, 0.15) is 11.3 Å². The molecule has 164 valence electrons. The number of ether oxygens (including phenoxy) is 2. The van der Waals surface area contributed by atoms with E-state index >= 15 is 0 Å². The van der Waals surface area contributed by atoms with Gasteiger partial charge in [-0.3, -0.25) is 14.4 Å². The second kappa shape index (κ2) is 9.94. The van der Waals surface area contributed by atoms with E-state index < -0.39 is 0 Å². The van der Waals surface area contributed by atoms with Crippen molar-refractivity contribution in [3.8, 4) is 5.75 Å². The molecule has 0 bridgehead atoms. The van der Waals surface area contributed by atoms with Crippen molar-refractivity contribution in [2.24, 2.45) is 0 Å². The molecule has 1 aliphatic rings. The van der Waals surface area contributed by atoms with Crippen LogP contribution in [-0.2, 0) is 11.3 Å². The highest BCUT2D eigenvalue weighted by Crippen LogP contribution is 2.29. The van der Waals surface area contributed by atoms with Gasteiger partial charge in [0.05, 0.1) is 32.9 Å². The van der Waals surface area contributed by atoms with Crippen molar-refractivity contribution < 1.29 is 14.3 Å². The van der Waals surface area contributed by atoms with Gasteiger partial charge in [0.15, 0.2) is 5.69 Å². The number of carbonyl (C=O) groups excluding carboxylic acids is 1. The van der Waals surface area contributed by atoms with Crippen LogP contribution in [0, 0.1) is 0 Å². The summed E-state index contributed by atoms with van der Waals surface area (Å²) in [6.07, 6.45) is 0.800. The first kappa shape index (κ1) is 21.3. The molecule has 7 heteroatoms. The minimum atomic E-state index is -0.168. The number of hydrogen-bond acceptors (Lipinski definition) is 5. The number of amides is 1. The summed E-state index contributed by atoms with van der Waals surface area (Å²) in [5.41, 5.74) is 2.38. The predicted octanol–water partition coefficient (Wildman–Crippen LogP) is 3.26. The molecule has 1 unspecified atom stereocenters. The predicted molar refractivity (Wildman–Crippen MR) is 120 cm³/mol. The summed E-state index contributed by atoms with van der Waals surface area (Å²) in [6.45, 7) is 6.95. The average Bonchev–Trinajstić information content (AvgIpc) is 3.21. The van der Waals surface area contributed by atoms with Crippen LogP contribution in [-0.4, -0.2) is 60.5 Å². The number of benzene rings is 2. The molecule has 2 aromatic carbocycles. The van der Waals surface area contributed by atoms with Crippen molar-refractivity contribution in [2.75, 3.05) is 40.0 Å². The van der Waals surface area contributed by atoms with E-state index in [1.165, 1.54) is 0 Å². The number of nitrogens with one attached hydrogen (secondary N) is 1. The lowest BCUT2D eigenvalue weighted by Crippen LogP contribution is -2.38. The molecular formula is C24H30N4O3. The summed E-state index contributed by atoms with van der Waals surface area (Å²) in [5.74, 6) is 0.556. The second-order valence-corrected chi connectivity index (χ2v) is 7.73. The summed E-state index contributed by atoms with van der Waals surface area (Å²) in [5, 5.41) is 8.70. The minimum Gasteiger partial charge on any atom is -0.494 e. The molecule has 3 aromatic rings. The van der Waals surface area contributed by atoms with Crippen molar-refractivity contribution in [3.05, 3.63) is 59.8 Å². The standard InChI is InChI=1S/C24H30N4O3/c1-3-20(18-8-5-4-6-9-18)25-24(29)22-19-10-7-11-21(30-2)23(19)28(26-22)13-12-27-14-16-31-17-15-27/h4-11,20H,3,12-17H2,1-2H3,(H,25,29). The first-order valence-electron chi connectivity index (χ1n) is 10.9. The maximum absolute atomic E-state index is 13.3. The van der Waals surface area contributed by atoms with Crippen molar-refractivity contribution in [1.29, 1.82) is 0 Å². The van der Waals surface area contributed by atoms with Crippen LogP contribution in [0.15, 0.2) is 48.5 Å². The van der Waals surface area contributed by atoms with E-state index in [1.807, 2.05) is 53.2 Å². The van der Waals surface area contributed by atoms with Gasteiger partial charge in [-0.2, -0.15) is 5.10 Å². The van der Waals surface area contributed by atoms with Gasteiger partial charge in [-0.25, -0.2) is 0 Å². The number of nitrogens with zero attached hydrogens (tertiary/aromatic N) is 3. The maximum Gasteiger partial charge on any atom is 0.272 e. The van der Waals surface area contributed by atoms with Crippen LogP contribution >= 0.6 is 0 Å². The number of fused-ring (bicyclic) bond motifs is 1. The molecule has 4 rings (SSSR count). The van der Waals surface area contributed by atoms with Crippen molar-refractivity contribution in [2.45, 2.75) is 25.9 Å². The summed E-state index contributed by atoms with van der Waals surface area (Å²) >= 11 is 0. The zero-order valence-corrected chi connectivity index (χ0v) is 18.2. The summed E-state index contributed by atoms with van der Waals surface area (Å²) in [7, 11) is 1.65. The third-order valence-corrected chi connectivity index (χ3v) is 5.82. The molecule has 0 spiro atoms. The lowest BCUT2D eigenvalue weighted by Gasteiger charge is -2.26. The zero-order chi connectivity index (χ0) is 21.6. The molecule has 2 heterocycles. The molecule has 1 aliphatic heterocycles. The number of morpholine rings is 1. The van der Waals surface area contributed by atoms with Gasteiger partial charge in [0.2, 0.25) is 0 Å². The SMILES string of the molecule is CCC(NC(=O)c1nn(CCN2CCOCC2)c2c(OC)cccc12)c1ccccc1. The number of carbonyl (C=O) groups is 1. The van der Waals surface area contributed by atoms with E-state index in [-0.39, 0.29) is 11.9 Å². The van der Waals surface area contributed by atoms with E-state index in [4.69, 9.17) is 14.6 Å². The molecule has 1 amide bonds. The molecule has 31 heavy (non-hydrogen) atoms. The lowest BCUT2D eigenvalue weighted by atomic mass is 10.0. The minimum absolute atomic E-state index is 0.0622. The van der Waals surface area contributed by atoms with Gasteiger partial charge in [-0.15, -0.1) is 0 Å². The highest BCUT2D eigenvalue weighted by Gasteiger charge is 2.23. The fourth-order valence-corrected chi connectivity index (χ4v) is 4.09. The van der Waals surface area contributed by atoms with Crippen LogP contribution < -0.4 is 10.1 Å². The quantitative estimate of drug-likeness (QED) is 0.604. The molecule has 0 aliphatic carbocycles. The number of para-hydroxylation sites is 1. The number of hydrogen-bond donors (Lipinski definition) is 1. The van der Waals surface area contributed by atoms with Crippen LogP contribution in [0.5, 0.6) is 5.75 Å². The highest BCUT2D eigenvalue weighted by molar-refractivity contribution is 6.06. The second-order valence-electron chi connectivity index (χ2n) is 7.73. The third-order valence-electron chi connectivity index (χ3n) is 5.82. The summed E-state index contributed by atoms with van der Waals surface area (Å²) in [6, 6.07) is 15.7. The molecule has 1 saturated heterocycles. The Kier molecular flexibility index (Phi) is 6.84. The highest BCUT2D eigenvalue weighted by atomic mass is 16.5. The Balaban J connectivity index is 1.61. The third kappa shape index (κ3) is 4.73.